The second-order valence-electron chi connectivity index (χ2n) is 3.61. The first-order valence-corrected chi connectivity index (χ1v) is 4.48. The molecule has 1 nitrogen and oxygen atoms in total. The summed E-state index contributed by atoms with van der Waals surface area (Å²) >= 11 is 0. The van der Waals surface area contributed by atoms with Crippen LogP contribution in [0, 0.1) is 11.8 Å². The predicted octanol–water partition coefficient (Wildman–Crippen LogP) is 1.86. The van der Waals surface area contributed by atoms with Gasteiger partial charge in [0.1, 0.15) is 0 Å². The largest absolute Gasteiger partial charge is 0.327 e. The number of hydrogen-bond acceptors (Lipinski definition) is 1. The molecule has 0 amide bonds. The smallest absolute Gasteiger partial charge is 0.0108 e. The number of hydrogen-bond donors (Lipinski definition) is 1. The van der Waals surface area contributed by atoms with Crippen LogP contribution in [0.4, 0.5) is 0 Å². The average Bonchev–Trinajstić information content (AvgIpc) is 2.06. The van der Waals surface area contributed by atoms with Crippen LogP contribution < -0.4 is 5.73 Å². The molecule has 0 aromatic heterocycles. The van der Waals surface area contributed by atoms with Crippen LogP contribution in [0.25, 0.3) is 0 Å². The lowest BCUT2D eigenvalue weighted by Gasteiger charge is -2.34. The Morgan fingerprint density at radius 3 is 2.73 bits per heavy atom. The summed E-state index contributed by atoms with van der Waals surface area (Å²) in [5, 5.41) is 0. The number of nitrogens with two attached hydrogens (primary N) is 1. The predicted molar refractivity (Wildman–Crippen MR) is 47.1 cm³/mol. The van der Waals surface area contributed by atoms with Gasteiger partial charge in [0.05, 0.1) is 0 Å². The van der Waals surface area contributed by atoms with Crippen LogP contribution >= 0.6 is 0 Å². The molecular formula is C10H15N. The maximum atomic E-state index is 6.00. The highest BCUT2D eigenvalue weighted by Crippen LogP contribution is 2.32. The minimum absolute atomic E-state index is 0.412. The van der Waals surface area contributed by atoms with Crippen molar-refractivity contribution in [3.8, 4) is 0 Å². The SMILES string of the molecule is NC1CCCC2C=CC=CC12. The summed E-state index contributed by atoms with van der Waals surface area (Å²) in [4.78, 5) is 0. The molecule has 3 unspecified atom stereocenters. The van der Waals surface area contributed by atoms with Crippen molar-refractivity contribution in [1.82, 2.24) is 0 Å². The van der Waals surface area contributed by atoms with E-state index in [4.69, 9.17) is 5.73 Å². The van der Waals surface area contributed by atoms with Crippen LogP contribution in [0.1, 0.15) is 19.3 Å². The molecule has 0 heterocycles. The van der Waals surface area contributed by atoms with Gasteiger partial charge in [0, 0.05) is 6.04 Å². The highest BCUT2D eigenvalue weighted by molar-refractivity contribution is 5.17. The Bertz CT molecular complexity index is 193. The average molecular weight is 149 g/mol. The van der Waals surface area contributed by atoms with Crippen molar-refractivity contribution in [1.29, 1.82) is 0 Å². The molecule has 2 aliphatic carbocycles. The van der Waals surface area contributed by atoms with Gasteiger partial charge < -0.3 is 5.73 Å². The van der Waals surface area contributed by atoms with Crippen LogP contribution in [-0.4, -0.2) is 6.04 Å². The lowest BCUT2D eigenvalue weighted by molar-refractivity contribution is 0.291. The number of fused-ring (bicyclic) bond motifs is 1. The minimum Gasteiger partial charge on any atom is -0.327 e. The molecule has 1 heteroatoms. The number of rotatable bonds is 0. The topological polar surface area (TPSA) is 26.0 Å². The summed E-state index contributed by atoms with van der Waals surface area (Å²) in [6, 6.07) is 0.412. The van der Waals surface area contributed by atoms with E-state index in [1.165, 1.54) is 19.3 Å². The Balaban J connectivity index is 2.14. The molecule has 0 aliphatic heterocycles. The molecule has 0 bridgehead atoms. The van der Waals surface area contributed by atoms with E-state index in [-0.39, 0.29) is 0 Å². The van der Waals surface area contributed by atoms with E-state index in [0.29, 0.717) is 12.0 Å². The summed E-state index contributed by atoms with van der Waals surface area (Å²) < 4.78 is 0. The van der Waals surface area contributed by atoms with Gasteiger partial charge in [0.2, 0.25) is 0 Å². The second-order valence-corrected chi connectivity index (χ2v) is 3.61. The van der Waals surface area contributed by atoms with E-state index in [2.05, 4.69) is 24.3 Å². The molecule has 1 saturated carbocycles. The first kappa shape index (κ1) is 7.11. The minimum atomic E-state index is 0.412. The highest BCUT2D eigenvalue weighted by atomic mass is 14.7. The lowest BCUT2D eigenvalue weighted by Crippen LogP contribution is -2.37. The fourth-order valence-corrected chi connectivity index (χ4v) is 2.20. The molecule has 0 aromatic carbocycles. The zero-order valence-corrected chi connectivity index (χ0v) is 6.74. The van der Waals surface area contributed by atoms with E-state index in [1.54, 1.807) is 0 Å². The fourth-order valence-electron chi connectivity index (χ4n) is 2.20. The normalized spacial score (nSPS) is 42.1. The maximum absolute atomic E-state index is 6.00. The Morgan fingerprint density at radius 1 is 1.09 bits per heavy atom. The molecule has 60 valence electrons. The van der Waals surface area contributed by atoms with E-state index in [9.17, 15) is 0 Å². The summed E-state index contributed by atoms with van der Waals surface area (Å²) in [6.07, 6.45) is 12.7. The third kappa shape index (κ3) is 1.25. The van der Waals surface area contributed by atoms with E-state index < -0.39 is 0 Å². The summed E-state index contributed by atoms with van der Waals surface area (Å²) in [5.41, 5.74) is 6.00. The van der Waals surface area contributed by atoms with Gasteiger partial charge in [-0.2, -0.15) is 0 Å². The van der Waals surface area contributed by atoms with Gasteiger partial charge in [0.15, 0.2) is 0 Å². The van der Waals surface area contributed by atoms with Crippen LogP contribution in [0.2, 0.25) is 0 Å². The first-order valence-electron chi connectivity index (χ1n) is 4.48. The van der Waals surface area contributed by atoms with Crippen LogP contribution in [0.3, 0.4) is 0 Å². The Labute approximate surface area is 68.0 Å². The molecule has 0 radical (unpaired) electrons. The third-order valence-corrected chi connectivity index (χ3v) is 2.87. The summed E-state index contributed by atoms with van der Waals surface area (Å²) in [6.45, 7) is 0. The van der Waals surface area contributed by atoms with Gasteiger partial charge in [-0.1, -0.05) is 30.7 Å². The van der Waals surface area contributed by atoms with Crippen LogP contribution in [0.15, 0.2) is 24.3 Å². The second kappa shape index (κ2) is 2.82. The number of allylic oxidation sites excluding steroid dienone is 3. The monoisotopic (exact) mass is 149 g/mol. The van der Waals surface area contributed by atoms with Gasteiger partial charge in [-0.3, -0.25) is 0 Å². The lowest BCUT2D eigenvalue weighted by atomic mass is 9.74. The van der Waals surface area contributed by atoms with E-state index >= 15 is 0 Å². The molecule has 1 fully saturated rings. The molecule has 2 N–H and O–H groups in total. The molecule has 3 atom stereocenters. The molecule has 0 saturated heterocycles. The molecule has 0 aromatic rings. The molecule has 11 heavy (non-hydrogen) atoms. The first-order chi connectivity index (χ1) is 5.38. The van der Waals surface area contributed by atoms with Crippen LogP contribution in [0.5, 0.6) is 0 Å². The van der Waals surface area contributed by atoms with E-state index in [1.807, 2.05) is 0 Å². The van der Waals surface area contributed by atoms with E-state index in [0.717, 1.165) is 5.92 Å². The third-order valence-electron chi connectivity index (χ3n) is 2.87. The molecule has 2 rings (SSSR count). The van der Waals surface area contributed by atoms with Gasteiger partial charge in [-0.05, 0) is 24.7 Å². The van der Waals surface area contributed by atoms with Crippen molar-refractivity contribution < 1.29 is 0 Å². The molecular weight excluding hydrogens is 134 g/mol. The van der Waals surface area contributed by atoms with Crippen molar-refractivity contribution in [2.75, 3.05) is 0 Å². The molecule has 0 spiro atoms. The van der Waals surface area contributed by atoms with Crippen molar-refractivity contribution in [2.24, 2.45) is 17.6 Å². The standard InChI is InChI=1S/C10H15N/c11-10-7-3-5-8-4-1-2-6-9(8)10/h1-2,4,6,8-10H,3,5,7,11H2. The van der Waals surface area contributed by atoms with Crippen molar-refractivity contribution in [3.63, 3.8) is 0 Å². The van der Waals surface area contributed by atoms with Crippen LogP contribution in [-0.2, 0) is 0 Å². The fraction of sp³-hybridized carbons (Fsp3) is 0.600. The zero-order chi connectivity index (χ0) is 7.68. The Hall–Kier alpha value is -0.560. The van der Waals surface area contributed by atoms with Crippen molar-refractivity contribution >= 4 is 0 Å². The van der Waals surface area contributed by atoms with Gasteiger partial charge in [0.25, 0.3) is 0 Å². The van der Waals surface area contributed by atoms with Crippen molar-refractivity contribution in [3.05, 3.63) is 24.3 Å². The summed E-state index contributed by atoms with van der Waals surface area (Å²) in [5.74, 6) is 1.37. The maximum Gasteiger partial charge on any atom is 0.0108 e. The van der Waals surface area contributed by atoms with Gasteiger partial charge >= 0.3 is 0 Å². The highest BCUT2D eigenvalue weighted by Gasteiger charge is 2.27. The molecule has 2 aliphatic rings. The quantitative estimate of drug-likeness (QED) is 0.559. The van der Waals surface area contributed by atoms with Crippen molar-refractivity contribution in [2.45, 2.75) is 25.3 Å². The Morgan fingerprint density at radius 2 is 1.91 bits per heavy atom. The van der Waals surface area contributed by atoms with Gasteiger partial charge in [-0.15, -0.1) is 0 Å². The zero-order valence-electron chi connectivity index (χ0n) is 6.74. The van der Waals surface area contributed by atoms with Gasteiger partial charge in [-0.25, -0.2) is 0 Å². The summed E-state index contributed by atoms with van der Waals surface area (Å²) in [7, 11) is 0. The Kier molecular flexibility index (Phi) is 1.82.